The summed E-state index contributed by atoms with van der Waals surface area (Å²) in [7, 11) is 0. The van der Waals surface area contributed by atoms with Crippen molar-refractivity contribution < 1.29 is 4.79 Å². The highest BCUT2D eigenvalue weighted by Gasteiger charge is 2.05. The molecule has 0 aliphatic rings. The lowest BCUT2D eigenvalue weighted by Gasteiger charge is -2.03. The van der Waals surface area contributed by atoms with Gasteiger partial charge in [0.25, 0.3) is 0 Å². The number of hydrogen-bond acceptors (Lipinski definition) is 3. The van der Waals surface area contributed by atoms with E-state index in [1.165, 1.54) is 23.3 Å². The summed E-state index contributed by atoms with van der Waals surface area (Å²) in [5.74, 6) is 0.205. The Morgan fingerprint density at radius 3 is 2.75 bits per heavy atom. The van der Waals surface area contributed by atoms with Crippen LogP contribution in [0.4, 0.5) is 5.69 Å². The third-order valence-electron chi connectivity index (χ3n) is 3.10. The molecule has 0 bridgehead atoms. The molecule has 0 saturated carbocycles. The Morgan fingerprint density at radius 1 is 1.12 bits per heavy atom. The molecule has 2 aromatic carbocycles. The van der Waals surface area contributed by atoms with Crippen LogP contribution in [-0.2, 0) is 4.79 Å². The number of aromatic nitrogens is 3. The molecule has 0 aliphatic carbocycles. The minimum atomic E-state index is -0.317. The fourth-order valence-corrected chi connectivity index (χ4v) is 2.36. The summed E-state index contributed by atoms with van der Waals surface area (Å²) >= 11 is 11.9. The Kier molecular flexibility index (Phi) is 4.93. The van der Waals surface area contributed by atoms with Crippen LogP contribution in [0.2, 0.25) is 10.0 Å². The molecule has 24 heavy (non-hydrogen) atoms. The number of carbonyl (C=O) groups excluding carboxylic acids is 1. The second-order valence-electron chi connectivity index (χ2n) is 4.84. The third-order valence-corrected chi connectivity index (χ3v) is 3.67. The zero-order valence-corrected chi connectivity index (χ0v) is 13.9. The van der Waals surface area contributed by atoms with Gasteiger partial charge in [0, 0.05) is 22.9 Å². The number of anilines is 1. The Bertz CT molecular complexity index is 905. The molecule has 3 aromatic rings. The molecule has 0 spiro atoms. The van der Waals surface area contributed by atoms with E-state index in [1.807, 2.05) is 12.1 Å². The van der Waals surface area contributed by atoms with Crippen molar-refractivity contribution in [2.45, 2.75) is 0 Å². The molecular weight excluding hydrogens is 347 g/mol. The van der Waals surface area contributed by atoms with Crippen molar-refractivity contribution in [2.75, 3.05) is 5.32 Å². The summed E-state index contributed by atoms with van der Waals surface area (Å²) in [5.41, 5.74) is 1.35. The highest BCUT2D eigenvalue weighted by atomic mass is 35.5. The molecule has 1 amide bonds. The Balaban J connectivity index is 1.69. The number of nitrogens with one attached hydrogen (secondary N) is 1. The van der Waals surface area contributed by atoms with E-state index in [1.54, 1.807) is 36.4 Å². The van der Waals surface area contributed by atoms with Gasteiger partial charge < -0.3 is 5.32 Å². The van der Waals surface area contributed by atoms with E-state index in [9.17, 15) is 4.79 Å². The SMILES string of the molecule is O=C(/C=C/n1cnc(-c2cccc(Cl)c2)n1)Nc1ccccc1Cl. The van der Waals surface area contributed by atoms with E-state index in [-0.39, 0.29) is 5.91 Å². The summed E-state index contributed by atoms with van der Waals surface area (Å²) in [4.78, 5) is 16.1. The molecule has 0 fully saturated rings. The summed E-state index contributed by atoms with van der Waals surface area (Å²) in [5, 5.41) is 8.05. The van der Waals surface area contributed by atoms with Gasteiger partial charge >= 0.3 is 0 Å². The summed E-state index contributed by atoms with van der Waals surface area (Å²) in [6, 6.07) is 14.2. The lowest BCUT2D eigenvalue weighted by molar-refractivity contribution is -0.111. The minimum Gasteiger partial charge on any atom is -0.321 e. The maximum Gasteiger partial charge on any atom is 0.249 e. The average molecular weight is 359 g/mol. The van der Waals surface area contributed by atoms with Crippen LogP contribution in [0.5, 0.6) is 0 Å². The van der Waals surface area contributed by atoms with E-state index in [4.69, 9.17) is 23.2 Å². The zero-order valence-electron chi connectivity index (χ0n) is 12.4. The van der Waals surface area contributed by atoms with Gasteiger partial charge in [-0.2, -0.15) is 0 Å². The van der Waals surface area contributed by atoms with Gasteiger partial charge in [-0.15, -0.1) is 5.10 Å². The van der Waals surface area contributed by atoms with Crippen molar-refractivity contribution in [3.63, 3.8) is 0 Å². The van der Waals surface area contributed by atoms with Crippen LogP contribution in [0.15, 0.2) is 60.9 Å². The monoisotopic (exact) mass is 358 g/mol. The predicted molar refractivity (Wildman–Crippen MR) is 95.9 cm³/mol. The molecule has 120 valence electrons. The number of benzene rings is 2. The van der Waals surface area contributed by atoms with Crippen LogP contribution < -0.4 is 5.32 Å². The number of rotatable bonds is 4. The summed E-state index contributed by atoms with van der Waals surface area (Å²) < 4.78 is 1.45. The molecule has 0 unspecified atom stereocenters. The lowest BCUT2D eigenvalue weighted by Crippen LogP contribution is -2.08. The van der Waals surface area contributed by atoms with Gasteiger partial charge in [-0.3, -0.25) is 4.79 Å². The van der Waals surface area contributed by atoms with Crippen LogP contribution >= 0.6 is 23.2 Å². The largest absolute Gasteiger partial charge is 0.321 e. The molecule has 0 aliphatic heterocycles. The normalized spacial score (nSPS) is 10.9. The number of para-hydroxylation sites is 1. The second-order valence-corrected chi connectivity index (χ2v) is 5.69. The van der Waals surface area contributed by atoms with Gasteiger partial charge in [0.05, 0.1) is 10.7 Å². The van der Waals surface area contributed by atoms with Crippen LogP contribution in [0.3, 0.4) is 0 Å². The van der Waals surface area contributed by atoms with Crippen molar-refractivity contribution in [3.05, 3.63) is 71.0 Å². The van der Waals surface area contributed by atoms with Crippen molar-refractivity contribution in [3.8, 4) is 11.4 Å². The molecule has 0 atom stereocenters. The van der Waals surface area contributed by atoms with Gasteiger partial charge in [-0.1, -0.05) is 47.5 Å². The molecule has 0 saturated heterocycles. The first kappa shape index (κ1) is 16.2. The van der Waals surface area contributed by atoms with Crippen molar-refractivity contribution >= 4 is 41.0 Å². The van der Waals surface area contributed by atoms with Crippen LogP contribution in [0.1, 0.15) is 0 Å². The standard InChI is InChI=1S/C17H12Cl2N4O/c18-13-5-3-4-12(10-13)17-20-11-23(22-17)9-8-16(24)21-15-7-2-1-6-14(15)19/h1-11H,(H,21,24)/b9-8+. The molecular formula is C17H12Cl2N4O. The number of hydrogen-bond donors (Lipinski definition) is 1. The quantitative estimate of drug-likeness (QED) is 0.704. The van der Waals surface area contributed by atoms with Crippen molar-refractivity contribution in [1.82, 2.24) is 14.8 Å². The van der Waals surface area contributed by atoms with Gasteiger partial charge in [0.15, 0.2) is 5.82 Å². The van der Waals surface area contributed by atoms with E-state index < -0.39 is 0 Å². The number of nitrogens with zero attached hydrogens (tertiary/aromatic N) is 3. The molecule has 1 aromatic heterocycles. The average Bonchev–Trinajstić information content (AvgIpc) is 3.04. The Morgan fingerprint density at radius 2 is 1.96 bits per heavy atom. The van der Waals surface area contributed by atoms with Gasteiger partial charge in [0.1, 0.15) is 6.33 Å². The van der Waals surface area contributed by atoms with E-state index in [2.05, 4.69) is 15.4 Å². The molecule has 7 heteroatoms. The van der Waals surface area contributed by atoms with E-state index in [0.29, 0.717) is 21.6 Å². The first-order valence-electron chi connectivity index (χ1n) is 7.02. The molecule has 0 radical (unpaired) electrons. The number of halogens is 2. The maximum atomic E-state index is 11.9. The number of carbonyl (C=O) groups is 1. The summed E-state index contributed by atoms with van der Waals surface area (Å²) in [6.45, 7) is 0. The maximum absolute atomic E-state index is 11.9. The number of amides is 1. The lowest BCUT2D eigenvalue weighted by atomic mass is 10.2. The Labute approximate surface area is 148 Å². The molecule has 5 nitrogen and oxygen atoms in total. The predicted octanol–water partition coefficient (Wildman–Crippen LogP) is 4.36. The van der Waals surface area contributed by atoms with Crippen LogP contribution in [-0.4, -0.2) is 20.7 Å². The highest BCUT2D eigenvalue weighted by molar-refractivity contribution is 6.33. The molecule has 1 heterocycles. The fourth-order valence-electron chi connectivity index (χ4n) is 1.99. The zero-order chi connectivity index (χ0) is 16.9. The molecule has 1 N–H and O–H groups in total. The van der Waals surface area contributed by atoms with E-state index >= 15 is 0 Å². The fraction of sp³-hybridized carbons (Fsp3) is 0. The first-order chi connectivity index (χ1) is 11.6. The smallest absolute Gasteiger partial charge is 0.249 e. The minimum absolute atomic E-state index is 0.317. The van der Waals surface area contributed by atoms with E-state index in [0.717, 1.165) is 5.56 Å². The third kappa shape index (κ3) is 4.01. The first-order valence-corrected chi connectivity index (χ1v) is 7.78. The van der Waals surface area contributed by atoms with Gasteiger partial charge in [-0.05, 0) is 24.3 Å². The van der Waals surface area contributed by atoms with Crippen LogP contribution in [0.25, 0.3) is 17.6 Å². The van der Waals surface area contributed by atoms with Crippen LogP contribution in [0, 0.1) is 0 Å². The van der Waals surface area contributed by atoms with Crippen molar-refractivity contribution in [1.29, 1.82) is 0 Å². The Hall–Kier alpha value is -2.63. The highest BCUT2D eigenvalue weighted by Crippen LogP contribution is 2.20. The topological polar surface area (TPSA) is 59.8 Å². The molecule has 3 rings (SSSR count). The van der Waals surface area contributed by atoms with Gasteiger partial charge in [0.2, 0.25) is 5.91 Å². The summed E-state index contributed by atoms with van der Waals surface area (Å²) in [6.07, 6.45) is 4.36. The van der Waals surface area contributed by atoms with Gasteiger partial charge in [-0.25, -0.2) is 9.67 Å². The second kappa shape index (κ2) is 7.29. The van der Waals surface area contributed by atoms with Crippen molar-refractivity contribution in [2.24, 2.45) is 0 Å².